The van der Waals surface area contributed by atoms with Crippen LogP contribution in [-0.2, 0) is 14.3 Å². The van der Waals surface area contributed by atoms with Gasteiger partial charge in [-0.25, -0.2) is 9.97 Å². The van der Waals surface area contributed by atoms with Crippen molar-refractivity contribution in [3.8, 4) is 0 Å². The van der Waals surface area contributed by atoms with E-state index in [2.05, 4.69) is 20.2 Å². The molecule has 3 aliphatic rings. The summed E-state index contributed by atoms with van der Waals surface area (Å²) in [6.45, 7) is 3.38. The highest BCUT2D eigenvalue weighted by molar-refractivity contribution is 5.85. The Kier molecular flexibility index (Phi) is 5.48. The van der Waals surface area contributed by atoms with E-state index in [1.54, 1.807) is 18.5 Å². The number of nitrogens with one attached hydrogen (secondary N) is 1. The van der Waals surface area contributed by atoms with Crippen molar-refractivity contribution in [3.05, 3.63) is 18.5 Å². The third-order valence-corrected chi connectivity index (χ3v) is 6.34. The molecule has 1 saturated carbocycles. The fourth-order valence-electron chi connectivity index (χ4n) is 4.59. The maximum Gasteiger partial charge on any atom is 0.248 e. The summed E-state index contributed by atoms with van der Waals surface area (Å²) >= 11 is 0. The zero-order valence-electron chi connectivity index (χ0n) is 16.5. The standard InChI is InChI=1S/C20H29N5O3/c1-28-13-17(26)24-9-2-6-20(18(27)23-10-15-4-5-15)14-25(12-16(20)11-24)19-21-7-3-8-22-19/h3,7-8,15-16H,2,4-6,9-14H2,1H3,(H,23,27)/t16-,20-/m0/s1. The number of amides is 2. The van der Waals surface area contributed by atoms with Gasteiger partial charge < -0.3 is 19.9 Å². The summed E-state index contributed by atoms with van der Waals surface area (Å²) in [4.78, 5) is 38.5. The molecule has 2 saturated heterocycles. The van der Waals surface area contributed by atoms with E-state index >= 15 is 0 Å². The molecule has 4 rings (SSSR count). The molecule has 1 N–H and O–H groups in total. The summed E-state index contributed by atoms with van der Waals surface area (Å²) in [7, 11) is 1.54. The van der Waals surface area contributed by atoms with Gasteiger partial charge >= 0.3 is 0 Å². The molecular formula is C20H29N5O3. The Morgan fingerprint density at radius 3 is 2.79 bits per heavy atom. The molecule has 8 nitrogen and oxygen atoms in total. The van der Waals surface area contributed by atoms with E-state index in [1.807, 2.05) is 4.90 Å². The van der Waals surface area contributed by atoms with Crippen LogP contribution in [0, 0.1) is 17.3 Å². The van der Waals surface area contributed by atoms with Crippen LogP contribution in [0.25, 0.3) is 0 Å². The Morgan fingerprint density at radius 1 is 1.29 bits per heavy atom. The molecule has 3 fully saturated rings. The number of carbonyl (C=O) groups excluding carboxylic acids is 2. The van der Waals surface area contributed by atoms with Crippen LogP contribution in [0.4, 0.5) is 5.95 Å². The molecule has 152 valence electrons. The molecule has 2 aliphatic heterocycles. The summed E-state index contributed by atoms with van der Waals surface area (Å²) in [6.07, 6.45) is 7.45. The summed E-state index contributed by atoms with van der Waals surface area (Å²) in [5, 5.41) is 3.21. The lowest BCUT2D eigenvalue weighted by Gasteiger charge is -2.32. The highest BCUT2D eigenvalue weighted by atomic mass is 16.5. The molecule has 3 heterocycles. The molecular weight excluding hydrogens is 358 g/mol. The minimum atomic E-state index is -0.504. The lowest BCUT2D eigenvalue weighted by atomic mass is 9.74. The monoisotopic (exact) mass is 387 g/mol. The van der Waals surface area contributed by atoms with Crippen LogP contribution in [0.5, 0.6) is 0 Å². The minimum absolute atomic E-state index is 0.00824. The molecule has 1 aliphatic carbocycles. The van der Waals surface area contributed by atoms with Gasteiger partial charge in [-0.05, 0) is 37.7 Å². The maximum absolute atomic E-state index is 13.4. The van der Waals surface area contributed by atoms with Crippen molar-refractivity contribution in [2.24, 2.45) is 17.3 Å². The molecule has 1 aromatic rings. The maximum atomic E-state index is 13.4. The van der Waals surface area contributed by atoms with Crippen LogP contribution in [0.15, 0.2) is 18.5 Å². The van der Waals surface area contributed by atoms with E-state index < -0.39 is 5.41 Å². The van der Waals surface area contributed by atoms with Gasteiger partial charge in [0.2, 0.25) is 17.8 Å². The normalized spacial score (nSPS) is 27.2. The predicted octanol–water partition coefficient (Wildman–Crippen LogP) is 0.694. The fourth-order valence-corrected chi connectivity index (χ4v) is 4.59. The first-order valence-corrected chi connectivity index (χ1v) is 10.2. The number of nitrogens with zero attached hydrogens (tertiary/aromatic N) is 4. The van der Waals surface area contributed by atoms with E-state index in [0.717, 1.165) is 19.4 Å². The van der Waals surface area contributed by atoms with Crippen molar-refractivity contribution in [2.45, 2.75) is 25.7 Å². The third kappa shape index (κ3) is 3.83. The Labute approximate surface area is 165 Å². The van der Waals surface area contributed by atoms with Gasteiger partial charge in [0.05, 0.1) is 5.41 Å². The number of hydrogen-bond donors (Lipinski definition) is 1. The Hall–Kier alpha value is -2.22. The van der Waals surface area contributed by atoms with Crippen molar-refractivity contribution in [1.82, 2.24) is 20.2 Å². The number of anilines is 1. The first kappa shape index (κ1) is 19.1. The quantitative estimate of drug-likeness (QED) is 0.773. The lowest BCUT2D eigenvalue weighted by molar-refractivity contribution is -0.137. The van der Waals surface area contributed by atoms with E-state index in [-0.39, 0.29) is 24.3 Å². The molecule has 8 heteroatoms. The Balaban J connectivity index is 1.56. The van der Waals surface area contributed by atoms with Crippen LogP contribution < -0.4 is 10.2 Å². The number of fused-ring (bicyclic) bond motifs is 1. The minimum Gasteiger partial charge on any atom is -0.375 e. The van der Waals surface area contributed by atoms with Crippen molar-refractivity contribution in [3.63, 3.8) is 0 Å². The average molecular weight is 387 g/mol. The average Bonchev–Trinajstić information content (AvgIpc) is 3.50. The van der Waals surface area contributed by atoms with Crippen LogP contribution in [-0.4, -0.2) is 73.1 Å². The van der Waals surface area contributed by atoms with Crippen LogP contribution in [0.3, 0.4) is 0 Å². The predicted molar refractivity (Wildman–Crippen MR) is 104 cm³/mol. The number of aromatic nitrogens is 2. The summed E-state index contributed by atoms with van der Waals surface area (Å²) < 4.78 is 5.04. The van der Waals surface area contributed by atoms with Gasteiger partial charge in [-0.3, -0.25) is 9.59 Å². The van der Waals surface area contributed by atoms with Gasteiger partial charge in [0.1, 0.15) is 6.61 Å². The lowest BCUT2D eigenvalue weighted by Crippen LogP contribution is -2.48. The first-order valence-electron chi connectivity index (χ1n) is 10.2. The highest BCUT2D eigenvalue weighted by Crippen LogP contribution is 2.44. The van der Waals surface area contributed by atoms with Gasteiger partial charge in [0, 0.05) is 58.1 Å². The number of likely N-dealkylation sites (tertiary alicyclic amines) is 1. The van der Waals surface area contributed by atoms with Gasteiger partial charge in [0.15, 0.2) is 0 Å². The van der Waals surface area contributed by atoms with Gasteiger partial charge in [0.25, 0.3) is 0 Å². The molecule has 1 aromatic heterocycles. The number of carbonyl (C=O) groups is 2. The van der Waals surface area contributed by atoms with E-state index in [1.165, 1.54) is 20.0 Å². The van der Waals surface area contributed by atoms with Gasteiger partial charge in [-0.15, -0.1) is 0 Å². The summed E-state index contributed by atoms with van der Waals surface area (Å²) in [6, 6.07) is 1.79. The molecule has 0 radical (unpaired) electrons. The number of hydrogen-bond acceptors (Lipinski definition) is 6. The molecule has 0 aromatic carbocycles. The SMILES string of the molecule is COCC(=O)N1CCC[C@]2(C(=O)NCC3CC3)CN(c3ncccn3)C[C@@H]2C1. The van der Waals surface area contributed by atoms with Crippen molar-refractivity contribution in [2.75, 3.05) is 51.3 Å². The first-order chi connectivity index (χ1) is 13.6. The van der Waals surface area contributed by atoms with E-state index in [4.69, 9.17) is 4.74 Å². The number of ether oxygens (including phenoxy) is 1. The second kappa shape index (κ2) is 8.03. The number of methoxy groups -OCH3 is 1. The molecule has 0 spiro atoms. The molecule has 2 atom stereocenters. The second-order valence-corrected chi connectivity index (χ2v) is 8.31. The molecule has 0 bridgehead atoms. The number of rotatable bonds is 6. The van der Waals surface area contributed by atoms with Crippen molar-refractivity contribution in [1.29, 1.82) is 0 Å². The van der Waals surface area contributed by atoms with Crippen LogP contribution in [0.2, 0.25) is 0 Å². The fraction of sp³-hybridized carbons (Fsp3) is 0.700. The molecule has 0 unspecified atom stereocenters. The Bertz CT molecular complexity index is 711. The van der Waals surface area contributed by atoms with Crippen molar-refractivity contribution < 1.29 is 14.3 Å². The largest absolute Gasteiger partial charge is 0.375 e. The highest BCUT2D eigenvalue weighted by Gasteiger charge is 2.54. The molecule has 2 amide bonds. The smallest absolute Gasteiger partial charge is 0.248 e. The van der Waals surface area contributed by atoms with Gasteiger partial charge in [-0.2, -0.15) is 0 Å². The zero-order chi connectivity index (χ0) is 19.6. The topological polar surface area (TPSA) is 87.7 Å². The zero-order valence-corrected chi connectivity index (χ0v) is 16.5. The van der Waals surface area contributed by atoms with E-state index in [0.29, 0.717) is 38.0 Å². The third-order valence-electron chi connectivity index (χ3n) is 6.34. The Morgan fingerprint density at radius 2 is 2.07 bits per heavy atom. The van der Waals surface area contributed by atoms with Crippen molar-refractivity contribution >= 4 is 17.8 Å². The van der Waals surface area contributed by atoms with Gasteiger partial charge in [-0.1, -0.05) is 0 Å². The molecule has 28 heavy (non-hydrogen) atoms. The summed E-state index contributed by atoms with van der Waals surface area (Å²) in [5.74, 6) is 1.47. The second-order valence-electron chi connectivity index (χ2n) is 8.31. The summed E-state index contributed by atoms with van der Waals surface area (Å²) in [5.41, 5.74) is -0.504. The van der Waals surface area contributed by atoms with Crippen LogP contribution >= 0.6 is 0 Å². The van der Waals surface area contributed by atoms with E-state index in [9.17, 15) is 9.59 Å². The van der Waals surface area contributed by atoms with Crippen LogP contribution in [0.1, 0.15) is 25.7 Å².